The Morgan fingerprint density at radius 3 is 2.67 bits per heavy atom. The van der Waals surface area contributed by atoms with Gasteiger partial charge in [0, 0.05) is 5.56 Å². The first-order chi connectivity index (χ1) is 9.84. The van der Waals surface area contributed by atoms with Crippen molar-refractivity contribution >= 4 is 5.97 Å². The average molecular weight is 299 g/mol. The van der Waals surface area contributed by atoms with Gasteiger partial charge in [-0.1, -0.05) is 11.6 Å². The van der Waals surface area contributed by atoms with Gasteiger partial charge < -0.3 is 4.74 Å². The lowest BCUT2D eigenvalue weighted by Crippen LogP contribution is -2.10. The lowest BCUT2D eigenvalue weighted by Gasteiger charge is -2.12. The predicted molar refractivity (Wildman–Crippen MR) is 67.5 cm³/mol. The van der Waals surface area contributed by atoms with Gasteiger partial charge in [-0.3, -0.25) is 0 Å². The van der Waals surface area contributed by atoms with Crippen LogP contribution in [-0.4, -0.2) is 28.0 Å². The summed E-state index contributed by atoms with van der Waals surface area (Å²) in [5.74, 6) is -0.823. The Morgan fingerprint density at radius 1 is 1.33 bits per heavy atom. The molecule has 5 nitrogen and oxygen atoms in total. The summed E-state index contributed by atoms with van der Waals surface area (Å²) in [6.45, 7) is 3.32. The monoisotopic (exact) mass is 299 g/mol. The number of H-pyrrole nitrogens is 1. The van der Waals surface area contributed by atoms with Gasteiger partial charge in [0.2, 0.25) is 0 Å². The quantitative estimate of drug-likeness (QED) is 0.885. The number of carbonyl (C=O) groups is 1. The number of carbonyl (C=O) groups excluding carboxylic acids is 1. The summed E-state index contributed by atoms with van der Waals surface area (Å²) >= 11 is 0. The summed E-state index contributed by atoms with van der Waals surface area (Å²) in [5, 5.41) is 9.42. The Labute approximate surface area is 118 Å². The van der Waals surface area contributed by atoms with Gasteiger partial charge in [-0.05, 0) is 26.0 Å². The van der Waals surface area contributed by atoms with Crippen molar-refractivity contribution in [2.24, 2.45) is 0 Å². The summed E-state index contributed by atoms with van der Waals surface area (Å²) in [4.78, 5) is 11.7. The van der Waals surface area contributed by atoms with Gasteiger partial charge in [0.15, 0.2) is 5.69 Å². The van der Waals surface area contributed by atoms with Gasteiger partial charge in [0.1, 0.15) is 5.69 Å². The highest BCUT2D eigenvalue weighted by atomic mass is 19.4. The number of esters is 1. The molecule has 1 aromatic heterocycles. The molecular weight excluding hydrogens is 287 g/mol. The third kappa shape index (κ3) is 3.04. The van der Waals surface area contributed by atoms with Crippen LogP contribution >= 0.6 is 0 Å². The molecule has 0 aliphatic heterocycles. The van der Waals surface area contributed by atoms with Crippen molar-refractivity contribution in [3.8, 4) is 11.3 Å². The van der Waals surface area contributed by atoms with Crippen LogP contribution in [0.25, 0.3) is 11.3 Å². The molecule has 2 aromatic rings. The number of benzene rings is 1. The fraction of sp³-hybridized carbons (Fsp3) is 0.308. The molecule has 1 aromatic carbocycles. The van der Waals surface area contributed by atoms with Crippen LogP contribution in [-0.2, 0) is 10.9 Å². The first kappa shape index (κ1) is 15.0. The summed E-state index contributed by atoms with van der Waals surface area (Å²) in [5.41, 5.74) is -0.930. The van der Waals surface area contributed by atoms with Crippen LogP contribution in [0.15, 0.2) is 18.2 Å². The third-order valence-electron chi connectivity index (χ3n) is 2.75. The molecule has 0 aliphatic carbocycles. The van der Waals surface area contributed by atoms with Crippen LogP contribution < -0.4 is 0 Å². The molecule has 0 radical (unpaired) electrons. The van der Waals surface area contributed by atoms with E-state index in [1.54, 1.807) is 13.8 Å². The summed E-state index contributed by atoms with van der Waals surface area (Å²) in [6, 6.07) is 3.61. The normalized spacial score (nSPS) is 11.5. The van der Waals surface area contributed by atoms with Crippen LogP contribution in [0.1, 0.15) is 28.5 Å². The molecule has 2 rings (SSSR count). The van der Waals surface area contributed by atoms with E-state index in [2.05, 4.69) is 15.4 Å². The van der Waals surface area contributed by atoms with Crippen LogP contribution in [0.2, 0.25) is 0 Å². The van der Waals surface area contributed by atoms with E-state index >= 15 is 0 Å². The number of hydrogen-bond donors (Lipinski definition) is 1. The molecule has 1 heterocycles. The first-order valence-corrected chi connectivity index (χ1v) is 6.10. The molecule has 0 atom stereocenters. The second-order valence-corrected chi connectivity index (χ2v) is 4.29. The maximum atomic E-state index is 13.1. The number of aryl methyl sites for hydroxylation is 1. The summed E-state index contributed by atoms with van der Waals surface area (Å²) in [6.07, 6.45) is -4.56. The number of hydrogen-bond acceptors (Lipinski definition) is 4. The van der Waals surface area contributed by atoms with Gasteiger partial charge in [-0.2, -0.15) is 23.5 Å². The van der Waals surface area contributed by atoms with Gasteiger partial charge in [0.05, 0.1) is 12.2 Å². The third-order valence-corrected chi connectivity index (χ3v) is 2.75. The van der Waals surface area contributed by atoms with Crippen molar-refractivity contribution in [2.75, 3.05) is 6.61 Å². The molecule has 0 saturated carbocycles. The van der Waals surface area contributed by atoms with Crippen molar-refractivity contribution in [3.63, 3.8) is 0 Å². The molecule has 21 heavy (non-hydrogen) atoms. The highest BCUT2D eigenvalue weighted by Crippen LogP contribution is 2.37. The van der Waals surface area contributed by atoms with E-state index in [0.29, 0.717) is 5.56 Å². The number of rotatable bonds is 3. The molecule has 112 valence electrons. The van der Waals surface area contributed by atoms with E-state index in [4.69, 9.17) is 4.74 Å². The Bertz CT molecular complexity index is 665. The SMILES string of the molecule is CCOC(=O)c1n[nH]nc1-c1cc(C)ccc1C(F)(F)F. The van der Waals surface area contributed by atoms with Crippen LogP contribution in [0.3, 0.4) is 0 Å². The highest BCUT2D eigenvalue weighted by Gasteiger charge is 2.35. The average Bonchev–Trinajstić information content (AvgIpc) is 2.86. The second kappa shape index (κ2) is 5.55. The number of ether oxygens (including phenoxy) is 1. The van der Waals surface area contributed by atoms with Gasteiger partial charge in [0.25, 0.3) is 0 Å². The lowest BCUT2D eigenvalue weighted by molar-refractivity contribution is -0.137. The predicted octanol–water partition coefficient (Wildman–Crippen LogP) is 2.98. The van der Waals surface area contributed by atoms with E-state index in [1.165, 1.54) is 12.1 Å². The van der Waals surface area contributed by atoms with Gasteiger partial charge in [-0.15, -0.1) is 5.10 Å². The van der Waals surface area contributed by atoms with Crippen molar-refractivity contribution in [2.45, 2.75) is 20.0 Å². The molecule has 0 amide bonds. The Hall–Kier alpha value is -2.38. The smallest absolute Gasteiger partial charge is 0.417 e. The van der Waals surface area contributed by atoms with Crippen molar-refractivity contribution in [1.29, 1.82) is 0 Å². The molecule has 8 heteroatoms. The van der Waals surface area contributed by atoms with Crippen LogP contribution in [0, 0.1) is 6.92 Å². The van der Waals surface area contributed by atoms with E-state index in [-0.39, 0.29) is 23.6 Å². The van der Waals surface area contributed by atoms with Crippen molar-refractivity contribution < 1.29 is 22.7 Å². The minimum Gasteiger partial charge on any atom is -0.461 e. The van der Waals surface area contributed by atoms with Gasteiger partial charge >= 0.3 is 12.1 Å². The molecule has 0 saturated heterocycles. The van der Waals surface area contributed by atoms with Crippen LogP contribution in [0.4, 0.5) is 13.2 Å². The fourth-order valence-corrected chi connectivity index (χ4v) is 1.86. The van der Waals surface area contributed by atoms with Crippen molar-refractivity contribution in [1.82, 2.24) is 15.4 Å². The largest absolute Gasteiger partial charge is 0.461 e. The van der Waals surface area contributed by atoms with E-state index < -0.39 is 17.7 Å². The Kier molecular flexibility index (Phi) is 3.97. The fourth-order valence-electron chi connectivity index (χ4n) is 1.86. The molecular formula is C13H12F3N3O2. The van der Waals surface area contributed by atoms with Crippen molar-refractivity contribution in [3.05, 3.63) is 35.0 Å². The van der Waals surface area contributed by atoms with E-state index in [9.17, 15) is 18.0 Å². The van der Waals surface area contributed by atoms with E-state index in [0.717, 1.165) is 6.07 Å². The van der Waals surface area contributed by atoms with Crippen LogP contribution in [0.5, 0.6) is 0 Å². The second-order valence-electron chi connectivity index (χ2n) is 4.29. The maximum Gasteiger partial charge on any atom is 0.417 e. The molecule has 1 N–H and O–H groups in total. The Balaban J connectivity index is 2.60. The maximum absolute atomic E-state index is 13.1. The molecule has 0 spiro atoms. The number of nitrogens with one attached hydrogen (secondary N) is 1. The summed E-state index contributed by atoms with van der Waals surface area (Å²) < 4.78 is 44.0. The zero-order chi connectivity index (χ0) is 15.6. The highest BCUT2D eigenvalue weighted by molar-refractivity contribution is 5.94. The number of aromatic nitrogens is 3. The standard InChI is InChI=1S/C13H12F3N3O2/c1-3-21-12(20)11-10(17-19-18-11)8-6-7(2)4-5-9(8)13(14,15)16/h4-6H,3H2,1-2H3,(H,17,18,19). The Morgan fingerprint density at radius 2 is 2.05 bits per heavy atom. The van der Waals surface area contributed by atoms with Gasteiger partial charge in [-0.25, -0.2) is 4.79 Å². The van der Waals surface area contributed by atoms with E-state index in [1.807, 2.05) is 0 Å². The summed E-state index contributed by atoms with van der Waals surface area (Å²) in [7, 11) is 0. The molecule has 0 unspecified atom stereocenters. The number of alkyl halides is 3. The minimum atomic E-state index is -4.56. The lowest BCUT2D eigenvalue weighted by atomic mass is 10.00. The topological polar surface area (TPSA) is 67.9 Å². The zero-order valence-electron chi connectivity index (χ0n) is 11.3. The molecule has 0 fully saturated rings. The minimum absolute atomic E-state index is 0.0884. The zero-order valence-corrected chi connectivity index (χ0v) is 11.3. The molecule has 0 aliphatic rings. The number of halogens is 3. The first-order valence-electron chi connectivity index (χ1n) is 6.10. The number of aromatic amines is 1. The number of nitrogens with zero attached hydrogens (tertiary/aromatic N) is 2. The molecule has 0 bridgehead atoms.